The van der Waals surface area contributed by atoms with E-state index in [4.69, 9.17) is 11.6 Å². The number of hydrogen-bond donors (Lipinski definition) is 3. The van der Waals surface area contributed by atoms with Gasteiger partial charge in [-0.2, -0.15) is 0 Å². The molecule has 0 saturated carbocycles. The van der Waals surface area contributed by atoms with Crippen molar-refractivity contribution in [2.75, 3.05) is 45.8 Å². The monoisotopic (exact) mass is 402 g/mol. The van der Waals surface area contributed by atoms with E-state index < -0.39 is 10.0 Å². The first-order valence-corrected chi connectivity index (χ1v) is 9.60. The van der Waals surface area contributed by atoms with Gasteiger partial charge in [-0.05, 0) is 12.1 Å². The molecule has 2 rings (SSSR count). The summed E-state index contributed by atoms with van der Waals surface area (Å²) in [6.45, 7) is 4.82. The van der Waals surface area contributed by atoms with E-state index >= 15 is 0 Å². The van der Waals surface area contributed by atoms with Crippen LogP contribution < -0.4 is 15.4 Å². The van der Waals surface area contributed by atoms with E-state index in [2.05, 4.69) is 20.3 Å². The van der Waals surface area contributed by atoms with Crippen LogP contribution in [0.25, 0.3) is 0 Å². The summed E-state index contributed by atoms with van der Waals surface area (Å²) in [5.41, 5.74) is 0. The maximum atomic E-state index is 11.9. The number of piperazine rings is 1. The Morgan fingerprint density at radius 2 is 2.04 bits per heavy atom. The fourth-order valence-corrected chi connectivity index (χ4v) is 4.53. The predicted molar refractivity (Wildman–Crippen MR) is 94.1 cm³/mol. The van der Waals surface area contributed by atoms with Crippen molar-refractivity contribution in [2.24, 2.45) is 0 Å². The lowest BCUT2D eigenvalue weighted by molar-refractivity contribution is -0.120. The van der Waals surface area contributed by atoms with Crippen molar-refractivity contribution in [1.82, 2.24) is 20.3 Å². The van der Waals surface area contributed by atoms with Crippen LogP contribution in [0, 0.1) is 0 Å². The molecule has 132 valence electrons. The van der Waals surface area contributed by atoms with Crippen molar-refractivity contribution >= 4 is 51.3 Å². The molecule has 1 fully saturated rings. The summed E-state index contributed by atoms with van der Waals surface area (Å²) < 4.78 is 26.6. The lowest BCUT2D eigenvalue weighted by Gasteiger charge is -2.27. The first-order chi connectivity index (χ1) is 10.5. The summed E-state index contributed by atoms with van der Waals surface area (Å²) in [5.74, 6) is -0.346. The standard InChI is InChI=1S/C12H19ClN4O3S2.ClH/c13-10-1-2-12(21-10)22(19,20)16-9-11(18)15-5-8-17-6-3-14-4-7-17;/h1-2,14,16H,3-9H2,(H,15,18);1H. The van der Waals surface area contributed by atoms with E-state index in [9.17, 15) is 13.2 Å². The molecule has 2 heterocycles. The summed E-state index contributed by atoms with van der Waals surface area (Å²) in [5, 5.41) is 5.96. The van der Waals surface area contributed by atoms with Crippen LogP contribution in [0.15, 0.2) is 16.3 Å². The Hall–Kier alpha value is -0.420. The van der Waals surface area contributed by atoms with Crippen LogP contribution in [0.2, 0.25) is 4.34 Å². The highest BCUT2D eigenvalue weighted by Gasteiger charge is 2.17. The van der Waals surface area contributed by atoms with Gasteiger partial charge in [0.15, 0.2) is 0 Å². The quantitative estimate of drug-likeness (QED) is 0.602. The van der Waals surface area contributed by atoms with Gasteiger partial charge in [0.2, 0.25) is 5.91 Å². The van der Waals surface area contributed by atoms with Gasteiger partial charge in [0.25, 0.3) is 10.0 Å². The summed E-state index contributed by atoms with van der Waals surface area (Å²) >= 11 is 6.66. The molecule has 3 N–H and O–H groups in total. The van der Waals surface area contributed by atoms with Gasteiger partial charge in [0.05, 0.1) is 10.9 Å². The van der Waals surface area contributed by atoms with Crippen LogP contribution in [-0.4, -0.2) is 65.0 Å². The SMILES string of the molecule is Cl.O=C(CNS(=O)(=O)c1ccc(Cl)s1)NCCN1CCNCC1. The van der Waals surface area contributed by atoms with Crippen LogP contribution in [0.5, 0.6) is 0 Å². The van der Waals surface area contributed by atoms with Crippen LogP contribution in [-0.2, 0) is 14.8 Å². The van der Waals surface area contributed by atoms with Crippen molar-refractivity contribution in [2.45, 2.75) is 4.21 Å². The average Bonchev–Trinajstić information content (AvgIpc) is 2.94. The minimum absolute atomic E-state index is 0. The number of rotatable bonds is 7. The van der Waals surface area contributed by atoms with Crippen molar-refractivity contribution in [3.8, 4) is 0 Å². The van der Waals surface area contributed by atoms with Crippen LogP contribution in [0.4, 0.5) is 0 Å². The van der Waals surface area contributed by atoms with E-state index in [0.717, 1.165) is 44.1 Å². The molecule has 7 nitrogen and oxygen atoms in total. The van der Waals surface area contributed by atoms with E-state index in [1.165, 1.54) is 12.1 Å². The van der Waals surface area contributed by atoms with Crippen LogP contribution >= 0.6 is 35.3 Å². The molecule has 1 aromatic heterocycles. The Bertz CT molecular complexity index is 603. The molecule has 0 aliphatic carbocycles. The first kappa shape index (κ1) is 20.6. The highest BCUT2D eigenvalue weighted by atomic mass is 35.5. The highest BCUT2D eigenvalue weighted by Crippen LogP contribution is 2.25. The van der Waals surface area contributed by atoms with Gasteiger partial charge in [0.1, 0.15) is 4.21 Å². The molecule has 1 aliphatic heterocycles. The third kappa shape index (κ3) is 6.92. The summed E-state index contributed by atoms with van der Waals surface area (Å²) in [6.07, 6.45) is 0. The second kappa shape index (κ2) is 9.77. The third-order valence-corrected chi connectivity index (χ3v) is 6.32. The number of halogens is 2. The normalized spacial score (nSPS) is 15.9. The lowest BCUT2D eigenvalue weighted by Crippen LogP contribution is -2.47. The first-order valence-electron chi connectivity index (χ1n) is 6.92. The zero-order valence-corrected chi connectivity index (χ0v) is 15.6. The third-order valence-electron chi connectivity index (χ3n) is 3.20. The maximum Gasteiger partial charge on any atom is 0.250 e. The topological polar surface area (TPSA) is 90.5 Å². The maximum absolute atomic E-state index is 11.9. The van der Waals surface area contributed by atoms with E-state index in [1.54, 1.807) is 0 Å². The molecule has 23 heavy (non-hydrogen) atoms. The Morgan fingerprint density at radius 1 is 1.35 bits per heavy atom. The smallest absolute Gasteiger partial charge is 0.250 e. The Labute approximate surface area is 151 Å². The molecule has 1 aliphatic rings. The number of thiophene rings is 1. The zero-order chi connectivity index (χ0) is 16.0. The van der Waals surface area contributed by atoms with Gasteiger partial charge in [-0.1, -0.05) is 11.6 Å². The van der Waals surface area contributed by atoms with E-state index in [1.807, 2.05) is 0 Å². The van der Waals surface area contributed by atoms with Gasteiger partial charge >= 0.3 is 0 Å². The Morgan fingerprint density at radius 3 is 2.65 bits per heavy atom. The van der Waals surface area contributed by atoms with Gasteiger partial charge in [0, 0.05) is 39.3 Å². The second-order valence-electron chi connectivity index (χ2n) is 4.82. The average molecular weight is 403 g/mol. The van der Waals surface area contributed by atoms with Crippen LogP contribution in [0.3, 0.4) is 0 Å². The fourth-order valence-electron chi connectivity index (χ4n) is 2.02. The predicted octanol–water partition coefficient (Wildman–Crippen LogP) is 0.123. The Balaban J connectivity index is 0.00000264. The largest absolute Gasteiger partial charge is 0.354 e. The molecule has 11 heteroatoms. The van der Waals surface area contributed by atoms with Crippen molar-refractivity contribution in [3.63, 3.8) is 0 Å². The van der Waals surface area contributed by atoms with Crippen molar-refractivity contribution < 1.29 is 13.2 Å². The number of amides is 1. The zero-order valence-electron chi connectivity index (χ0n) is 12.4. The molecular weight excluding hydrogens is 383 g/mol. The van der Waals surface area contributed by atoms with Gasteiger partial charge < -0.3 is 10.6 Å². The minimum Gasteiger partial charge on any atom is -0.354 e. The molecule has 0 bridgehead atoms. The molecule has 0 unspecified atom stereocenters. The molecule has 0 atom stereocenters. The Kier molecular flexibility index (Phi) is 8.76. The van der Waals surface area contributed by atoms with Crippen LogP contribution in [0.1, 0.15) is 0 Å². The van der Waals surface area contributed by atoms with Gasteiger partial charge in [-0.3, -0.25) is 9.69 Å². The summed E-state index contributed by atoms with van der Waals surface area (Å²) in [4.78, 5) is 13.9. The molecule has 1 amide bonds. The molecule has 0 aromatic carbocycles. The van der Waals surface area contributed by atoms with Crippen molar-refractivity contribution in [3.05, 3.63) is 16.5 Å². The number of nitrogens with zero attached hydrogens (tertiary/aromatic N) is 1. The van der Waals surface area contributed by atoms with E-state index in [0.29, 0.717) is 10.9 Å². The number of hydrogen-bond acceptors (Lipinski definition) is 6. The lowest BCUT2D eigenvalue weighted by atomic mass is 10.3. The molecule has 1 aromatic rings. The second-order valence-corrected chi connectivity index (χ2v) is 8.53. The molecule has 0 radical (unpaired) electrons. The molecular formula is C12H20Cl2N4O3S2. The highest BCUT2D eigenvalue weighted by molar-refractivity contribution is 7.91. The van der Waals surface area contributed by atoms with Gasteiger partial charge in [-0.25, -0.2) is 13.1 Å². The minimum atomic E-state index is -3.68. The molecule has 0 spiro atoms. The number of carbonyl (C=O) groups is 1. The van der Waals surface area contributed by atoms with E-state index in [-0.39, 0.29) is 29.1 Å². The number of sulfonamides is 1. The summed E-state index contributed by atoms with van der Waals surface area (Å²) in [6, 6.07) is 2.92. The summed E-state index contributed by atoms with van der Waals surface area (Å²) in [7, 11) is -3.68. The van der Waals surface area contributed by atoms with Crippen molar-refractivity contribution in [1.29, 1.82) is 0 Å². The van der Waals surface area contributed by atoms with Gasteiger partial charge in [-0.15, -0.1) is 23.7 Å². The molecule has 1 saturated heterocycles. The number of nitrogens with one attached hydrogen (secondary N) is 3. The fraction of sp³-hybridized carbons (Fsp3) is 0.583. The number of carbonyl (C=O) groups excluding carboxylic acids is 1.